The van der Waals surface area contributed by atoms with Gasteiger partial charge >= 0.3 is 0 Å². The van der Waals surface area contributed by atoms with Crippen LogP contribution in [-0.2, 0) is 12.8 Å². The number of benzene rings is 1. The summed E-state index contributed by atoms with van der Waals surface area (Å²) in [7, 11) is 0. The molecule has 1 aromatic heterocycles. The van der Waals surface area contributed by atoms with Crippen LogP contribution in [0.5, 0.6) is 0 Å². The summed E-state index contributed by atoms with van der Waals surface area (Å²) in [6, 6.07) is 6.36. The average molecular weight is 278 g/mol. The normalized spacial score (nSPS) is 11.0. The van der Waals surface area contributed by atoms with Crippen molar-refractivity contribution in [3.8, 4) is 0 Å². The van der Waals surface area contributed by atoms with E-state index >= 15 is 0 Å². The molecule has 0 radical (unpaired) electrons. The first kappa shape index (κ1) is 11.6. The Morgan fingerprint density at radius 3 is 2.56 bits per heavy atom. The average Bonchev–Trinajstić information content (AvgIpc) is 2.28. The second-order valence-corrected chi connectivity index (χ2v) is 4.95. The van der Waals surface area contributed by atoms with Gasteiger partial charge in [-0.1, -0.05) is 35.8 Å². The molecule has 2 aromatic rings. The molecule has 1 heterocycles. The van der Waals surface area contributed by atoms with Gasteiger partial charge < -0.3 is 0 Å². The van der Waals surface area contributed by atoms with E-state index in [9.17, 15) is 0 Å². The summed E-state index contributed by atoms with van der Waals surface area (Å²) >= 11 is 3.50. The van der Waals surface area contributed by atoms with Crippen LogP contribution in [0.4, 0.5) is 0 Å². The maximum Gasteiger partial charge on any atom is 0.0719 e. The van der Waals surface area contributed by atoms with E-state index < -0.39 is 0 Å². The van der Waals surface area contributed by atoms with E-state index in [4.69, 9.17) is 4.98 Å². The Hall–Kier alpha value is -0.890. The van der Waals surface area contributed by atoms with Gasteiger partial charge in [-0.25, -0.2) is 0 Å². The zero-order valence-corrected chi connectivity index (χ0v) is 11.6. The molecule has 2 heteroatoms. The lowest BCUT2D eigenvalue weighted by atomic mass is 9.98. The zero-order valence-electron chi connectivity index (χ0n) is 9.97. The largest absolute Gasteiger partial charge is 0.253 e. The molecule has 0 aliphatic carbocycles. The number of halogens is 1. The van der Waals surface area contributed by atoms with Crippen LogP contribution < -0.4 is 0 Å². The van der Waals surface area contributed by atoms with Crippen molar-refractivity contribution in [1.82, 2.24) is 4.98 Å². The highest BCUT2D eigenvalue weighted by Crippen LogP contribution is 2.26. The number of rotatable bonds is 2. The summed E-state index contributed by atoms with van der Waals surface area (Å²) in [5.41, 5.74) is 5.13. The molecule has 0 amide bonds. The van der Waals surface area contributed by atoms with Crippen molar-refractivity contribution in [3.05, 3.63) is 39.5 Å². The van der Waals surface area contributed by atoms with Crippen molar-refractivity contribution in [1.29, 1.82) is 0 Å². The highest BCUT2D eigenvalue weighted by Gasteiger charge is 2.09. The fourth-order valence-corrected chi connectivity index (χ4v) is 2.61. The molecule has 0 N–H and O–H groups in total. The third-order valence-corrected chi connectivity index (χ3v) is 3.61. The maximum absolute atomic E-state index is 4.73. The summed E-state index contributed by atoms with van der Waals surface area (Å²) in [6.45, 7) is 6.56. The second-order valence-electron chi connectivity index (χ2n) is 4.03. The molecule has 1 nitrogen and oxygen atoms in total. The van der Waals surface area contributed by atoms with Crippen LogP contribution in [0.15, 0.2) is 22.7 Å². The van der Waals surface area contributed by atoms with Crippen molar-refractivity contribution >= 4 is 26.8 Å². The molecular formula is C14H16BrN. The number of aryl methyl sites for hydroxylation is 2. The Bertz CT molecular complexity index is 532. The molecule has 0 fully saturated rings. The van der Waals surface area contributed by atoms with Crippen molar-refractivity contribution in [2.24, 2.45) is 0 Å². The van der Waals surface area contributed by atoms with Gasteiger partial charge in [0.1, 0.15) is 0 Å². The van der Waals surface area contributed by atoms with E-state index in [1.165, 1.54) is 22.2 Å². The van der Waals surface area contributed by atoms with Crippen LogP contribution in [0.25, 0.3) is 10.9 Å². The highest BCUT2D eigenvalue weighted by atomic mass is 79.9. The molecule has 0 aliphatic heterocycles. The zero-order chi connectivity index (χ0) is 11.7. The van der Waals surface area contributed by atoms with Crippen LogP contribution in [-0.4, -0.2) is 4.98 Å². The van der Waals surface area contributed by atoms with Gasteiger partial charge in [0.15, 0.2) is 0 Å². The van der Waals surface area contributed by atoms with Gasteiger partial charge in [-0.3, -0.25) is 4.98 Å². The number of hydrogen-bond acceptors (Lipinski definition) is 1. The van der Waals surface area contributed by atoms with Crippen LogP contribution >= 0.6 is 15.9 Å². The first-order chi connectivity index (χ1) is 7.67. The fraction of sp³-hybridized carbons (Fsp3) is 0.357. The Kier molecular flexibility index (Phi) is 3.29. The lowest BCUT2D eigenvalue weighted by Gasteiger charge is -2.12. The molecule has 0 unspecified atom stereocenters. The molecule has 84 valence electrons. The molecule has 0 bridgehead atoms. The van der Waals surface area contributed by atoms with Gasteiger partial charge in [0.2, 0.25) is 0 Å². The van der Waals surface area contributed by atoms with E-state index in [1.54, 1.807) is 0 Å². The molecule has 0 atom stereocenters. The number of nitrogens with zero attached hydrogens (tertiary/aromatic N) is 1. The third-order valence-electron chi connectivity index (χ3n) is 3.11. The van der Waals surface area contributed by atoms with Crippen LogP contribution in [0.3, 0.4) is 0 Å². The van der Waals surface area contributed by atoms with Gasteiger partial charge in [0.25, 0.3) is 0 Å². The summed E-state index contributed by atoms with van der Waals surface area (Å²) in [5, 5.41) is 1.29. The quantitative estimate of drug-likeness (QED) is 0.791. The first-order valence-corrected chi connectivity index (χ1v) is 6.54. The van der Waals surface area contributed by atoms with Gasteiger partial charge in [0.05, 0.1) is 5.52 Å². The fourth-order valence-electron chi connectivity index (χ4n) is 2.26. The van der Waals surface area contributed by atoms with Crippen LogP contribution in [0.2, 0.25) is 0 Å². The molecule has 16 heavy (non-hydrogen) atoms. The molecule has 0 saturated heterocycles. The standard InChI is InChI=1S/C14H16BrN/c1-4-11-9(3)13(5-2)16-14-8-10(15)6-7-12(11)14/h6-8H,4-5H2,1-3H3. The number of pyridine rings is 1. The molecular weight excluding hydrogens is 262 g/mol. The van der Waals surface area contributed by atoms with Crippen molar-refractivity contribution in [3.63, 3.8) is 0 Å². The smallest absolute Gasteiger partial charge is 0.0719 e. The minimum atomic E-state index is 1.00. The Morgan fingerprint density at radius 2 is 1.94 bits per heavy atom. The lowest BCUT2D eigenvalue weighted by Crippen LogP contribution is -1.99. The Balaban J connectivity index is 2.84. The predicted molar refractivity (Wildman–Crippen MR) is 72.9 cm³/mol. The van der Waals surface area contributed by atoms with Gasteiger partial charge in [-0.05, 0) is 43.0 Å². The van der Waals surface area contributed by atoms with Crippen molar-refractivity contribution < 1.29 is 0 Å². The topological polar surface area (TPSA) is 12.9 Å². The Labute approximate surface area is 105 Å². The molecule has 2 rings (SSSR count). The first-order valence-electron chi connectivity index (χ1n) is 5.75. The molecule has 1 aromatic carbocycles. The third kappa shape index (κ3) is 1.86. The van der Waals surface area contributed by atoms with Gasteiger partial charge in [-0.15, -0.1) is 0 Å². The summed E-state index contributed by atoms with van der Waals surface area (Å²) in [5.74, 6) is 0. The second kappa shape index (κ2) is 4.54. The monoisotopic (exact) mass is 277 g/mol. The number of hydrogen-bond donors (Lipinski definition) is 0. The SMILES string of the molecule is CCc1nc2cc(Br)ccc2c(CC)c1C. The van der Waals surface area contributed by atoms with Crippen molar-refractivity contribution in [2.75, 3.05) is 0 Å². The minimum Gasteiger partial charge on any atom is -0.253 e. The Morgan fingerprint density at radius 1 is 1.19 bits per heavy atom. The van der Waals surface area contributed by atoms with E-state index in [2.05, 4.69) is 54.9 Å². The van der Waals surface area contributed by atoms with Crippen molar-refractivity contribution in [2.45, 2.75) is 33.6 Å². The van der Waals surface area contributed by atoms with E-state index in [-0.39, 0.29) is 0 Å². The predicted octanol–water partition coefficient (Wildman–Crippen LogP) is 4.43. The maximum atomic E-state index is 4.73. The van der Waals surface area contributed by atoms with E-state index in [0.717, 1.165) is 22.8 Å². The molecule has 0 spiro atoms. The summed E-state index contributed by atoms with van der Waals surface area (Å²) in [4.78, 5) is 4.73. The lowest BCUT2D eigenvalue weighted by molar-refractivity contribution is 0.997. The summed E-state index contributed by atoms with van der Waals surface area (Å²) in [6.07, 6.45) is 2.07. The number of aromatic nitrogens is 1. The number of fused-ring (bicyclic) bond motifs is 1. The highest BCUT2D eigenvalue weighted by molar-refractivity contribution is 9.10. The van der Waals surface area contributed by atoms with Crippen LogP contribution in [0.1, 0.15) is 30.7 Å². The summed E-state index contributed by atoms with van der Waals surface area (Å²) < 4.78 is 1.10. The van der Waals surface area contributed by atoms with Gasteiger partial charge in [0, 0.05) is 15.6 Å². The van der Waals surface area contributed by atoms with Crippen LogP contribution in [0, 0.1) is 6.92 Å². The van der Waals surface area contributed by atoms with Gasteiger partial charge in [-0.2, -0.15) is 0 Å². The molecule has 0 aliphatic rings. The van der Waals surface area contributed by atoms with E-state index in [0.29, 0.717) is 0 Å². The minimum absolute atomic E-state index is 1.00. The van der Waals surface area contributed by atoms with E-state index in [1.807, 2.05) is 0 Å². The molecule has 0 saturated carbocycles.